The molecule has 0 saturated heterocycles. The lowest BCUT2D eigenvalue weighted by Crippen LogP contribution is -1.94. The lowest BCUT2D eigenvalue weighted by molar-refractivity contribution is 1.38. The fourth-order valence-electron chi connectivity index (χ4n) is 8.17. The molecule has 0 nitrogen and oxygen atoms in total. The van der Waals surface area contributed by atoms with E-state index in [-0.39, 0.29) is 0 Å². The highest BCUT2D eigenvalue weighted by Gasteiger charge is 2.24. The van der Waals surface area contributed by atoms with Crippen LogP contribution >= 0.6 is 0 Å². The third-order valence-electron chi connectivity index (χ3n) is 10.1. The summed E-state index contributed by atoms with van der Waals surface area (Å²) in [6.45, 7) is 9.00. The molecule has 1 aliphatic rings. The molecular weight excluding hydrogens is 528 g/mol. The first-order chi connectivity index (χ1) is 21.5. The fraction of sp³-hybridized carbons (Fsp3) is 0.0909. The minimum atomic E-state index is 1.31. The van der Waals surface area contributed by atoms with Gasteiger partial charge in [0.25, 0.3) is 0 Å². The summed E-state index contributed by atoms with van der Waals surface area (Å²) in [6, 6.07) is 45.8. The molecule has 1 aliphatic carbocycles. The second-order valence-corrected chi connectivity index (χ2v) is 12.7. The molecule has 0 N–H and O–H groups in total. The Morgan fingerprint density at radius 1 is 0.295 bits per heavy atom. The van der Waals surface area contributed by atoms with Crippen LogP contribution in [0.15, 0.2) is 121 Å². The van der Waals surface area contributed by atoms with Gasteiger partial charge in [0.05, 0.1) is 0 Å². The van der Waals surface area contributed by atoms with Crippen LogP contribution in [0.1, 0.15) is 22.3 Å². The SMILES string of the molecule is Cc1cccc(C)c1-c1cc2c3cc4c(cc3c(-c3c(C)cccc3C)cc2c2ccccc12)-c1cccc2cccc-4c12. The zero-order valence-corrected chi connectivity index (χ0v) is 25.5. The molecule has 8 aromatic rings. The van der Waals surface area contributed by atoms with E-state index in [1.165, 1.54) is 110 Å². The molecule has 44 heavy (non-hydrogen) atoms. The van der Waals surface area contributed by atoms with Gasteiger partial charge in [-0.05, 0) is 162 Å². The summed E-state index contributed by atoms with van der Waals surface area (Å²) >= 11 is 0. The molecule has 0 heteroatoms. The number of hydrogen-bond donors (Lipinski definition) is 0. The van der Waals surface area contributed by atoms with Crippen LogP contribution in [0.4, 0.5) is 0 Å². The maximum Gasteiger partial charge on any atom is -0.00264 e. The second kappa shape index (κ2) is 9.15. The standard InChI is InChI=1S/C44H32/c1-25-11-7-12-26(2)42(25)40-24-38-34(30-17-5-6-18-31(30)40)23-41(43-27(3)13-8-14-28(43)4)39-22-36-33-20-10-16-29-15-9-19-32(44(29)33)35(36)21-37(38)39/h5-24H,1-4H3. The summed E-state index contributed by atoms with van der Waals surface area (Å²) in [5, 5.41) is 10.6. The molecule has 0 unspecified atom stereocenters. The van der Waals surface area contributed by atoms with Crippen molar-refractivity contribution in [1.82, 2.24) is 0 Å². The summed E-state index contributed by atoms with van der Waals surface area (Å²) in [6.07, 6.45) is 0. The molecule has 0 amide bonds. The normalized spacial score (nSPS) is 12.1. The molecule has 0 saturated carbocycles. The fourth-order valence-corrected chi connectivity index (χ4v) is 8.17. The Bertz CT molecular complexity index is 2480. The van der Waals surface area contributed by atoms with E-state index in [1.807, 2.05) is 0 Å². The molecule has 0 bridgehead atoms. The molecule has 0 atom stereocenters. The largest absolute Gasteiger partial charge is 0.0617 e. The Labute approximate surface area is 258 Å². The third-order valence-corrected chi connectivity index (χ3v) is 10.1. The Balaban J connectivity index is 1.51. The summed E-state index contributed by atoms with van der Waals surface area (Å²) in [5.74, 6) is 0. The van der Waals surface area contributed by atoms with E-state index in [1.54, 1.807) is 0 Å². The van der Waals surface area contributed by atoms with Gasteiger partial charge in [0.2, 0.25) is 0 Å². The van der Waals surface area contributed by atoms with Gasteiger partial charge in [-0.15, -0.1) is 0 Å². The van der Waals surface area contributed by atoms with Crippen LogP contribution in [0.2, 0.25) is 0 Å². The summed E-state index contributed by atoms with van der Waals surface area (Å²) in [5.41, 5.74) is 15.9. The summed E-state index contributed by atoms with van der Waals surface area (Å²) in [7, 11) is 0. The van der Waals surface area contributed by atoms with Crippen LogP contribution in [0.3, 0.4) is 0 Å². The molecule has 0 heterocycles. The average Bonchev–Trinajstić information content (AvgIpc) is 3.34. The van der Waals surface area contributed by atoms with Gasteiger partial charge in [0.15, 0.2) is 0 Å². The maximum atomic E-state index is 2.50. The van der Waals surface area contributed by atoms with Gasteiger partial charge in [-0.2, -0.15) is 0 Å². The van der Waals surface area contributed by atoms with Crippen LogP contribution in [0.25, 0.3) is 87.6 Å². The third kappa shape index (κ3) is 3.40. The Kier molecular flexibility index (Phi) is 5.26. The van der Waals surface area contributed by atoms with Gasteiger partial charge in [0, 0.05) is 0 Å². The monoisotopic (exact) mass is 560 g/mol. The first-order valence-electron chi connectivity index (χ1n) is 15.6. The van der Waals surface area contributed by atoms with Crippen molar-refractivity contribution in [2.45, 2.75) is 27.7 Å². The van der Waals surface area contributed by atoms with Gasteiger partial charge in [-0.3, -0.25) is 0 Å². The Hall–Kier alpha value is -5.20. The lowest BCUT2D eigenvalue weighted by atomic mass is 9.83. The zero-order valence-electron chi connectivity index (χ0n) is 25.5. The average molecular weight is 561 g/mol. The molecule has 9 rings (SSSR count). The van der Waals surface area contributed by atoms with E-state index in [0.717, 1.165) is 0 Å². The predicted octanol–water partition coefficient (Wildman–Crippen LogP) is 12.5. The van der Waals surface area contributed by atoms with Crippen LogP contribution in [0, 0.1) is 27.7 Å². The van der Waals surface area contributed by atoms with Crippen molar-refractivity contribution >= 4 is 43.1 Å². The van der Waals surface area contributed by atoms with E-state index in [2.05, 4.69) is 149 Å². The van der Waals surface area contributed by atoms with Gasteiger partial charge >= 0.3 is 0 Å². The highest BCUT2D eigenvalue weighted by atomic mass is 14.3. The molecule has 0 spiro atoms. The van der Waals surface area contributed by atoms with Crippen molar-refractivity contribution in [3.8, 4) is 44.5 Å². The van der Waals surface area contributed by atoms with Crippen LogP contribution in [-0.4, -0.2) is 0 Å². The van der Waals surface area contributed by atoms with Crippen molar-refractivity contribution in [2.24, 2.45) is 0 Å². The lowest BCUT2D eigenvalue weighted by Gasteiger charge is -2.20. The van der Waals surface area contributed by atoms with E-state index in [9.17, 15) is 0 Å². The van der Waals surface area contributed by atoms with Crippen molar-refractivity contribution in [3.63, 3.8) is 0 Å². The molecule has 208 valence electrons. The van der Waals surface area contributed by atoms with Crippen molar-refractivity contribution in [1.29, 1.82) is 0 Å². The first-order valence-corrected chi connectivity index (χ1v) is 15.6. The van der Waals surface area contributed by atoms with E-state index < -0.39 is 0 Å². The highest BCUT2D eigenvalue weighted by molar-refractivity contribution is 6.27. The smallest absolute Gasteiger partial charge is 0.00264 e. The second-order valence-electron chi connectivity index (χ2n) is 12.7. The molecule has 0 aromatic heterocycles. The number of aryl methyl sites for hydroxylation is 4. The number of hydrogen-bond acceptors (Lipinski definition) is 0. The van der Waals surface area contributed by atoms with Crippen molar-refractivity contribution < 1.29 is 0 Å². The zero-order chi connectivity index (χ0) is 29.7. The minimum Gasteiger partial charge on any atom is -0.0617 e. The van der Waals surface area contributed by atoms with Crippen molar-refractivity contribution in [2.75, 3.05) is 0 Å². The van der Waals surface area contributed by atoms with Gasteiger partial charge in [-0.25, -0.2) is 0 Å². The molecular formula is C44H32. The van der Waals surface area contributed by atoms with Crippen LogP contribution in [-0.2, 0) is 0 Å². The molecule has 0 fully saturated rings. The number of rotatable bonds is 2. The van der Waals surface area contributed by atoms with Crippen molar-refractivity contribution in [3.05, 3.63) is 144 Å². The van der Waals surface area contributed by atoms with E-state index in [0.29, 0.717) is 0 Å². The van der Waals surface area contributed by atoms with Gasteiger partial charge in [-0.1, -0.05) is 97.1 Å². The summed E-state index contributed by atoms with van der Waals surface area (Å²) in [4.78, 5) is 0. The van der Waals surface area contributed by atoms with Crippen LogP contribution < -0.4 is 0 Å². The number of benzene rings is 8. The molecule has 0 aliphatic heterocycles. The van der Waals surface area contributed by atoms with Crippen LogP contribution in [0.5, 0.6) is 0 Å². The van der Waals surface area contributed by atoms with Gasteiger partial charge < -0.3 is 0 Å². The quantitative estimate of drug-likeness (QED) is 0.184. The maximum absolute atomic E-state index is 2.50. The Morgan fingerprint density at radius 3 is 1.27 bits per heavy atom. The highest BCUT2D eigenvalue weighted by Crippen LogP contribution is 2.51. The summed E-state index contributed by atoms with van der Waals surface area (Å²) < 4.78 is 0. The number of fused-ring (bicyclic) bond motifs is 8. The first kappa shape index (κ1) is 25.3. The van der Waals surface area contributed by atoms with E-state index in [4.69, 9.17) is 0 Å². The van der Waals surface area contributed by atoms with E-state index >= 15 is 0 Å². The van der Waals surface area contributed by atoms with Gasteiger partial charge in [0.1, 0.15) is 0 Å². The minimum absolute atomic E-state index is 1.31. The molecule has 0 radical (unpaired) electrons. The predicted molar refractivity (Wildman–Crippen MR) is 191 cm³/mol. The molecule has 8 aromatic carbocycles. The topological polar surface area (TPSA) is 0 Å². The Morgan fingerprint density at radius 2 is 0.705 bits per heavy atom.